The Morgan fingerprint density at radius 2 is 1.86 bits per heavy atom. The van der Waals surface area contributed by atoms with Gasteiger partial charge in [-0.15, -0.1) is 0 Å². The van der Waals surface area contributed by atoms with Gasteiger partial charge < -0.3 is 0 Å². The fourth-order valence-corrected chi connectivity index (χ4v) is 2.96. The van der Waals surface area contributed by atoms with E-state index in [1.54, 1.807) is 6.07 Å². The summed E-state index contributed by atoms with van der Waals surface area (Å²) in [5.74, 6) is 0. The summed E-state index contributed by atoms with van der Waals surface area (Å²) in [6, 6.07) is 1.61. The number of hydrogen-bond donors (Lipinski definition) is 0. The van der Waals surface area contributed by atoms with Crippen molar-refractivity contribution < 1.29 is 8.42 Å². The monoisotopic (exact) mass is 215 g/mol. The Morgan fingerprint density at radius 3 is 2.43 bits per heavy atom. The fraction of sp³-hybridized carbons (Fsp3) is 0.625. The molecule has 5 nitrogen and oxygen atoms in total. The Kier molecular flexibility index (Phi) is 2.56. The van der Waals surface area contributed by atoms with Gasteiger partial charge in [-0.1, -0.05) is 6.42 Å². The molecule has 0 N–H and O–H groups in total. The zero-order valence-electron chi connectivity index (χ0n) is 7.83. The molecule has 0 amide bonds. The molecule has 0 aliphatic carbocycles. The standard InChI is InChI=1S/C8H13N3O2S/c12-14(13,11-8-4-5-9-11)10-6-2-1-3-7-10/h4-5,8H,1-3,6-7H2. The second-order valence-electron chi connectivity index (χ2n) is 3.35. The maximum atomic E-state index is 11.9. The van der Waals surface area contributed by atoms with Crippen molar-refractivity contribution in [3.05, 3.63) is 18.5 Å². The lowest BCUT2D eigenvalue weighted by atomic mass is 10.2. The van der Waals surface area contributed by atoms with Crippen LogP contribution in [0.2, 0.25) is 0 Å². The Labute approximate surface area is 83.5 Å². The summed E-state index contributed by atoms with van der Waals surface area (Å²) in [6.45, 7) is 1.23. The molecule has 0 atom stereocenters. The highest BCUT2D eigenvalue weighted by Crippen LogP contribution is 2.13. The SMILES string of the molecule is O=S(=O)(N1CCCCC1)n1cccn1. The topological polar surface area (TPSA) is 55.2 Å². The van der Waals surface area contributed by atoms with Crippen molar-refractivity contribution in [1.82, 2.24) is 13.5 Å². The van der Waals surface area contributed by atoms with E-state index in [0.29, 0.717) is 13.1 Å². The van der Waals surface area contributed by atoms with Gasteiger partial charge >= 0.3 is 10.2 Å². The van der Waals surface area contributed by atoms with Crippen LogP contribution in [0.4, 0.5) is 0 Å². The number of piperidine rings is 1. The summed E-state index contributed by atoms with van der Waals surface area (Å²) in [5, 5.41) is 3.75. The zero-order valence-corrected chi connectivity index (χ0v) is 8.65. The zero-order chi connectivity index (χ0) is 10.0. The summed E-state index contributed by atoms with van der Waals surface area (Å²) in [4.78, 5) is 0. The molecule has 0 aromatic carbocycles. The van der Waals surface area contributed by atoms with Gasteiger partial charge in [0.25, 0.3) is 0 Å². The van der Waals surface area contributed by atoms with E-state index in [2.05, 4.69) is 5.10 Å². The number of nitrogens with zero attached hydrogens (tertiary/aromatic N) is 3. The maximum Gasteiger partial charge on any atom is 0.322 e. The van der Waals surface area contributed by atoms with E-state index in [9.17, 15) is 8.42 Å². The van der Waals surface area contributed by atoms with E-state index in [1.807, 2.05) is 0 Å². The number of hydrogen-bond acceptors (Lipinski definition) is 3. The van der Waals surface area contributed by atoms with Gasteiger partial charge in [0.05, 0.1) is 6.20 Å². The summed E-state index contributed by atoms with van der Waals surface area (Å²) < 4.78 is 26.3. The van der Waals surface area contributed by atoms with Crippen LogP contribution in [0.1, 0.15) is 19.3 Å². The van der Waals surface area contributed by atoms with Crippen molar-refractivity contribution in [2.75, 3.05) is 13.1 Å². The number of rotatable bonds is 2. The Hall–Kier alpha value is -0.880. The van der Waals surface area contributed by atoms with Gasteiger partial charge in [0.1, 0.15) is 0 Å². The molecule has 0 unspecified atom stereocenters. The third-order valence-electron chi connectivity index (χ3n) is 2.36. The summed E-state index contributed by atoms with van der Waals surface area (Å²) >= 11 is 0. The van der Waals surface area contributed by atoms with Crippen molar-refractivity contribution >= 4 is 10.2 Å². The second-order valence-corrected chi connectivity index (χ2v) is 5.13. The number of aromatic nitrogens is 2. The van der Waals surface area contributed by atoms with Crippen molar-refractivity contribution in [3.63, 3.8) is 0 Å². The first-order chi connectivity index (χ1) is 6.71. The van der Waals surface area contributed by atoms with Gasteiger partial charge in [0, 0.05) is 19.3 Å². The van der Waals surface area contributed by atoms with Crippen LogP contribution in [0.15, 0.2) is 18.5 Å². The molecular weight excluding hydrogens is 202 g/mol. The van der Waals surface area contributed by atoms with Crippen molar-refractivity contribution in [2.24, 2.45) is 0 Å². The van der Waals surface area contributed by atoms with E-state index in [0.717, 1.165) is 23.3 Å². The van der Waals surface area contributed by atoms with E-state index in [-0.39, 0.29) is 0 Å². The second kappa shape index (κ2) is 3.70. The summed E-state index contributed by atoms with van der Waals surface area (Å²) in [6.07, 6.45) is 5.94. The van der Waals surface area contributed by atoms with Gasteiger partial charge in [0.15, 0.2) is 0 Å². The predicted molar refractivity (Wildman–Crippen MR) is 52.0 cm³/mol. The average Bonchev–Trinajstić information content (AvgIpc) is 2.72. The molecule has 14 heavy (non-hydrogen) atoms. The largest absolute Gasteiger partial charge is 0.322 e. The molecular formula is C8H13N3O2S. The van der Waals surface area contributed by atoms with Gasteiger partial charge in [-0.25, -0.2) is 0 Å². The molecule has 78 valence electrons. The maximum absolute atomic E-state index is 11.9. The molecule has 1 fully saturated rings. The molecule has 0 radical (unpaired) electrons. The molecule has 1 aromatic heterocycles. The molecule has 1 saturated heterocycles. The van der Waals surface area contributed by atoms with Crippen LogP contribution in [-0.2, 0) is 10.2 Å². The fourth-order valence-electron chi connectivity index (χ4n) is 1.61. The average molecular weight is 215 g/mol. The van der Waals surface area contributed by atoms with Crippen molar-refractivity contribution in [1.29, 1.82) is 0 Å². The first-order valence-electron chi connectivity index (χ1n) is 4.71. The lowest BCUT2D eigenvalue weighted by Crippen LogP contribution is -2.39. The first-order valence-corrected chi connectivity index (χ1v) is 6.11. The van der Waals surface area contributed by atoms with Gasteiger partial charge in [-0.05, 0) is 18.9 Å². The molecule has 2 heterocycles. The van der Waals surface area contributed by atoms with Crippen LogP contribution in [0.3, 0.4) is 0 Å². The quantitative estimate of drug-likeness (QED) is 0.720. The minimum absolute atomic E-state index is 0.613. The van der Waals surface area contributed by atoms with Crippen LogP contribution in [0.5, 0.6) is 0 Å². The highest BCUT2D eigenvalue weighted by atomic mass is 32.2. The van der Waals surface area contributed by atoms with Crippen molar-refractivity contribution in [2.45, 2.75) is 19.3 Å². The van der Waals surface area contributed by atoms with Gasteiger partial charge in [-0.2, -0.15) is 21.9 Å². The molecule has 1 aliphatic heterocycles. The van der Waals surface area contributed by atoms with E-state index >= 15 is 0 Å². The van der Waals surface area contributed by atoms with Crippen LogP contribution in [-0.4, -0.2) is 35.0 Å². The van der Waals surface area contributed by atoms with E-state index < -0.39 is 10.2 Å². The van der Waals surface area contributed by atoms with Gasteiger partial charge in [-0.3, -0.25) is 0 Å². The summed E-state index contributed by atoms with van der Waals surface area (Å²) in [7, 11) is -3.38. The van der Waals surface area contributed by atoms with Crippen molar-refractivity contribution in [3.8, 4) is 0 Å². The lowest BCUT2D eigenvalue weighted by Gasteiger charge is -2.25. The Bertz CT molecular complexity index is 379. The normalized spacial score (nSPS) is 19.7. The summed E-state index contributed by atoms with van der Waals surface area (Å²) in [5.41, 5.74) is 0. The Balaban J connectivity index is 2.23. The van der Waals surface area contributed by atoms with E-state index in [1.165, 1.54) is 16.7 Å². The minimum atomic E-state index is -3.38. The van der Waals surface area contributed by atoms with Crippen LogP contribution < -0.4 is 0 Å². The molecule has 0 bridgehead atoms. The third kappa shape index (κ3) is 1.67. The lowest BCUT2D eigenvalue weighted by molar-refractivity contribution is 0.341. The molecule has 1 aromatic rings. The smallest absolute Gasteiger partial charge is 0.187 e. The van der Waals surface area contributed by atoms with Crippen LogP contribution in [0.25, 0.3) is 0 Å². The predicted octanol–water partition coefficient (Wildman–Crippen LogP) is 0.462. The first kappa shape index (κ1) is 9.67. The molecule has 0 saturated carbocycles. The minimum Gasteiger partial charge on any atom is -0.187 e. The van der Waals surface area contributed by atoms with Gasteiger partial charge in [0.2, 0.25) is 0 Å². The molecule has 6 heteroatoms. The Morgan fingerprint density at radius 1 is 1.14 bits per heavy atom. The highest BCUT2D eigenvalue weighted by molar-refractivity contribution is 7.87. The third-order valence-corrected chi connectivity index (χ3v) is 4.06. The molecule has 2 rings (SSSR count). The molecule has 1 aliphatic rings. The van der Waals surface area contributed by atoms with Crippen LogP contribution in [0, 0.1) is 0 Å². The van der Waals surface area contributed by atoms with Crippen LogP contribution >= 0.6 is 0 Å². The highest BCUT2D eigenvalue weighted by Gasteiger charge is 2.25. The molecule has 0 spiro atoms. The van der Waals surface area contributed by atoms with E-state index in [4.69, 9.17) is 0 Å².